The van der Waals surface area contributed by atoms with Crippen LogP contribution >= 0.6 is 0 Å². The molecule has 8 heteroatoms. The lowest BCUT2D eigenvalue weighted by Crippen LogP contribution is -2.28. The summed E-state index contributed by atoms with van der Waals surface area (Å²) in [6.07, 6.45) is 0. The summed E-state index contributed by atoms with van der Waals surface area (Å²) in [6, 6.07) is 2.60. The van der Waals surface area contributed by atoms with Gasteiger partial charge < -0.3 is 9.84 Å². The number of carboxylic acids is 1. The predicted molar refractivity (Wildman–Crippen MR) is 74.2 cm³/mol. The van der Waals surface area contributed by atoms with Gasteiger partial charge in [-0.1, -0.05) is 13.8 Å². The Morgan fingerprint density at radius 1 is 1.43 bits per heavy atom. The highest BCUT2D eigenvalue weighted by molar-refractivity contribution is 7.89. The molecular formula is C13H18FNO5S. The van der Waals surface area contributed by atoms with E-state index in [1.165, 1.54) is 0 Å². The SMILES string of the molecule is CC(C)COCCNS(=O)(=O)c1cc(C(=O)O)ccc1F. The molecule has 0 aliphatic rings. The van der Waals surface area contributed by atoms with Gasteiger partial charge in [-0.25, -0.2) is 22.3 Å². The van der Waals surface area contributed by atoms with Gasteiger partial charge in [0.1, 0.15) is 10.7 Å². The van der Waals surface area contributed by atoms with E-state index in [-0.39, 0.29) is 18.7 Å². The minimum Gasteiger partial charge on any atom is -0.478 e. The van der Waals surface area contributed by atoms with Gasteiger partial charge in [0.25, 0.3) is 0 Å². The number of ether oxygens (including phenoxy) is 1. The lowest BCUT2D eigenvalue weighted by molar-refractivity contribution is 0.0696. The molecule has 0 unspecified atom stereocenters. The molecule has 0 bridgehead atoms. The molecule has 0 amide bonds. The lowest BCUT2D eigenvalue weighted by Gasteiger charge is -2.10. The fourth-order valence-corrected chi connectivity index (χ4v) is 2.60. The predicted octanol–water partition coefficient (Wildman–Crippen LogP) is 1.47. The molecule has 0 saturated carbocycles. The maximum atomic E-state index is 13.6. The Morgan fingerprint density at radius 3 is 2.67 bits per heavy atom. The molecule has 0 atom stereocenters. The van der Waals surface area contributed by atoms with Gasteiger partial charge in [0.15, 0.2) is 0 Å². The Hall–Kier alpha value is -1.51. The van der Waals surface area contributed by atoms with Crippen LogP contribution in [0, 0.1) is 11.7 Å². The molecule has 0 saturated heterocycles. The van der Waals surface area contributed by atoms with Crippen LogP contribution < -0.4 is 4.72 Å². The average Bonchev–Trinajstić information content (AvgIpc) is 2.37. The standard InChI is InChI=1S/C13H18FNO5S/c1-9(2)8-20-6-5-15-21(18,19)12-7-10(13(16)17)3-4-11(12)14/h3-4,7,9,15H,5-6,8H2,1-2H3,(H,16,17). The molecule has 21 heavy (non-hydrogen) atoms. The quantitative estimate of drug-likeness (QED) is 0.708. The molecular weight excluding hydrogens is 301 g/mol. The summed E-state index contributed by atoms with van der Waals surface area (Å²) in [4.78, 5) is 10.1. The maximum absolute atomic E-state index is 13.6. The molecule has 1 rings (SSSR count). The number of hydrogen-bond donors (Lipinski definition) is 2. The van der Waals surface area contributed by atoms with E-state index in [0.717, 1.165) is 18.2 Å². The Labute approximate surface area is 123 Å². The molecule has 0 aliphatic heterocycles. The van der Waals surface area contributed by atoms with E-state index < -0.39 is 26.7 Å². The fraction of sp³-hybridized carbons (Fsp3) is 0.462. The van der Waals surface area contributed by atoms with Crippen LogP contribution in [0.3, 0.4) is 0 Å². The van der Waals surface area contributed by atoms with Crippen molar-refractivity contribution in [1.82, 2.24) is 4.72 Å². The van der Waals surface area contributed by atoms with Crippen molar-refractivity contribution >= 4 is 16.0 Å². The summed E-state index contributed by atoms with van der Waals surface area (Å²) in [5.74, 6) is -2.01. The maximum Gasteiger partial charge on any atom is 0.335 e. The van der Waals surface area contributed by atoms with Crippen LogP contribution in [0.15, 0.2) is 23.1 Å². The van der Waals surface area contributed by atoms with Crippen molar-refractivity contribution in [2.75, 3.05) is 19.8 Å². The molecule has 118 valence electrons. The van der Waals surface area contributed by atoms with Gasteiger partial charge in [-0.05, 0) is 24.1 Å². The summed E-state index contributed by atoms with van der Waals surface area (Å²) in [5, 5.41) is 8.81. The molecule has 0 radical (unpaired) electrons. The van der Waals surface area contributed by atoms with Crippen LogP contribution in [0.2, 0.25) is 0 Å². The molecule has 1 aromatic rings. The minimum atomic E-state index is -4.12. The van der Waals surface area contributed by atoms with Gasteiger partial charge in [0.05, 0.1) is 12.2 Å². The smallest absolute Gasteiger partial charge is 0.335 e. The number of carbonyl (C=O) groups is 1. The summed E-state index contributed by atoms with van der Waals surface area (Å²) in [7, 11) is -4.12. The van der Waals surface area contributed by atoms with Crippen molar-refractivity contribution in [3.8, 4) is 0 Å². The second-order valence-corrected chi connectivity index (χ2v) is 6.55. The molecule has 0 aromatic heterocycles. The number of halogens is 1. The van der Waals surface area contributed by atoms with Gasteiger partial charge in [-0.3, -0.25) is 0 Å². The van der Waals surface area contributed by atoms with Crippen LogP contribution in [-0.4, -0.2) is 39.3 Å². The van der Waals surface area contributed by atoms with Crippen LogP contribution in [0.5, 0.6) is 0 Å². The molecule has 6 nitrogen and oxygen atoms in total. The number of benzene rings is 1. The van der Waals surface area contributed by atoms with Crippen molar-refractivity contribution in [2.24, 2.45) is 5.92 Å². The van der Waals surface area contributed by atoms with E-state index in [1.54, 1.807) is 0 Å². The van der Waals surface area contributed by atoms with Crippen LogP contribution in [0.25, 0.3) is 0 Å². The van der Waals surface area contributed by atoms with Crippen LogP contribution in [-0.2, 0) is 14.8 Å². The number of carboxylic acid groups (broad SMARTS) is 1. The molecule has 0 fully saturated rings. The number of hydrogen-bond acceptors (Lipinski definition) is 4. The Balaban J connectivity index is 2.74. The van der Waals surface area contributed by atoms with E-state index in [2.05, 4.69) is 4.72 Å². The Kier molecular flexibility index (Phi) is 6.25. The molecule has 0 heterocycles. The molecule has 0 aliphatic carbocycles. The molecule has 0 spiro atoms. The fourth-order valence-electron chi connectivity index (χ4n) is 1.49. The third kappa shape index (κ3) is 5.41. The molecule has 1 aromatic carbocycles. The lowest BCUT2D eigenvalue weighted by atomic mass is 10.2. The van der Waals surface area contributed by atoms with Gasteiger partial charge in [0, 0.05) is 13.2 Å². The second-order valence-electron chi connectivity index (χ2n) is 4.82. The van der Waals surface area contributed by atoms with Gasteiger partial charge in [-0.15, -0.1) is 0 Å². The third-order valence-corrected chi connectivity index (χ3v) is 3.93. The Bertz CT molecular complexity index is 601. The summed E-state index contributed by atoms with van der Waals surface area (Å²) < 4.78 is 44.8. The first-order valence-corrected chi connectivity index (χ1v) is 7.82. The zero-order valence-corrected chi connectivity index (χ0v) is 12.6. The van der Waals surface area contributed by atoms with Crippen molar-refractivity contribution in [3.05, 3.63) is 29.6 Å². The van der Waals surface area contributed by atoms with Gasteiger partial charge in [-0.2, -0.15) is 0 Å². The van der Waals surface area contributed by atoms with Crippen molar-refractivity contribution in [3.63, 3.8) is 0 Å². The first-order valence-electron chi connectivity index (χ1n) is 6.34. The molecule has 2 N–H and O–H groups in total. The number of aromatic carboxylic acids is 1. The first kappa shape index (κ1) is 17.5. The average molecular weight is 319 g/mol. The highest BCUT2D eigenvalue weighted by Crippen LogP contribution is 2.16. The van der Waals surface area contributed by atoms with E-state index in [0.29, 0.717) is 12.5 Å². The number of sulfonamides is 1. The van der Waals surface area contributed by atoms with Crippen LogP contribution in [0.1, 0.15) is 24.2 Å². The highest BCUT2D eigenvalue weighted by Gasteiger charge is 2.20. The monoisotopic (exact) mass is 319 g/mol. The van der Waals surface area contributed by atoms with E-state index in [9.17, 15) is 17.6 Å². The van der Waals surface area contributed by atoms with Gasteiger partial charge in [0.2, 0.25) is 10.0 Å². The second kappa shape index (κ2) is 7.48. The first-order chi connectivity index (χ1) is 9.74. The topological polar surface area (TPSA) is 92.7 Å². The van der Waals surface area contributed by atoms with E-state index in [4.69, 9.17) is 9.84 Å². The van der Waals surface area contributed by atoms with E-state index >= 15 is 0 Å². The van der Waals surface area contributed by atoms with Crippen molar-refractivity contribution in [1.29, 1.82) is 0 Å². The largest absolute Gasteiger partial charge is 0.478 e. The third-order valence-electron chi connectivity index (χ3n) is 2.46. The normalized spacial score (nSPS) is 11.8. The van der Waals surface area contributed by atoms with E-state index in [1.807, 2.05) is 13.8 Å². The zero-order chi connectivity index (χ0) is 16.0. The van der Waals surface area contributed by atoms with Crippen molar-refractivity contribution in [2.45, 2.75) is 18.7 Å². The Morgan fingerprint density at radius 2 is 2.10 bits per heavy atom. The summed E-state index contributed by atoms with van der Waals surface area (Å²) in [5.41, 5.74) is -0.298. The summed E-state index contributed by atoms with van der Waals surface area (Å²) >= 11 is 0. The number of rotatable bonds is 8. The van der Waals surface area contributed by atoms with Crippen molar-refractivity contribution < 1.29 is 27.4 Å². The highest BCUT2D eigenvalue weighted by atomic mass is 32.2. The summed E-state index contributed by atoms with van der Waals surface area (Å²) in [6.45, 7) is 4.53. The zero-order valence-electron chi connectivity index (χ0n) is 11.8. The van der Waals surface area contributed by atoms with Gasteiger partial charge >= 0.3 is 5.97 Å². The minimum absolute atomic E-state index is 0.0220. The van der Waals surface area contributed by atoms with Crippen LogP contribution in [0.4, 0.5) is 4.39 Å². The number of nitrogens with one attached hydrogen (secondary N) is 1.